The van der Waals surface area contributed by atoms with Crippen molar-refractivity contribution in [3.05, 3.63) is 28.8 Å². The van der Waals surface area contributed by atoms with E-state index >= 15 is 0 Å². The minimum atomic E-state index is -0.822. The van der Waals surface area contributed by atoms with Crippen molar-refractivity contribution in [1.82, 2.24) is 0 Å². The monoisotopic (exact) mass is 329 g/mol. The smallest absolute Gasteiger partial charge is 0.303 e. The quantitative estimate of drug-likeness (QED) is 0.348. The fourth-order valence-electron chi connectivity index (χ4n) is 2.79. The molecule has 0 heterocycles. The van der Waals surface area contributed by atoms with Crippen molar-refractivity contribution in [1.29, 1.82) is 0 Å². The topological polar surface area (TPSA) is 79.1 Å². The summed E-state index contributed by atoms with van der Waals surface area (Å²) in [6.07, 6.45) is 4.54. The van der Waals surface area contributed by atoms with E-state index in [0.717, 1.165) is 49.0 Å². The summed E-state index contributed by atoms with van der Waals surface area (Å²) in [5.74, 6) is 6.11. The molecule has 5 nitrogen and oxygen atoms in total. The predicted octanol–water partition coefficient (Wildman–Crippen LogP) is 3.40. The van der Waals surface area contributed by atoms with Crippen molar-refractivity contribution in [2.24, 2.45) is 5.16 Å². The Balaban J connectivity index is 2.15. The van der Waals surface area contributed by atoms with Crippen molar-refractivity contribution in [3.63, 3.8) is 0 Å². The van der Waals surface area contributed by atoms with Crippen molar-refractivity contribution in [2.45, 2.75) is 51.9 Å². The van der Waals surface area contributed by atoms with E-state index in [-0.39, 0.29) is 6.42 Å². The molecule has 0 radical (unpaired) electrons. The van der Waals surface area contributed by atoms with Gasteiger partial charge in [-0.25, -0.2) is 0 Å². The fourth-order valence-corrected chi connectivity index (χ4v) is 2.79. The maximum Gasteiger partial charge on any atom is 0.303 e. The summed E-state index contributed by atoms with van der Waals surface area (Å²) in [4.78, 5) is 10.6. The van der Waals surface area contributed by atoms with Gasteiger partial charge in [-0.3, -0.25) is 4.79 Å². The van der Waals surface area contributed by atoms with Gasteiger partial charge in [-0.1, -0.05) is 18.1 Å². The molecule has 2 N–H and O–H groups in total. The van der Waals surface area contributed by atoms with Crippen LogP contribution in [0.25, 0.3) is 0 Å². The Labute approximate surface area is 142 Å². The molecule has 0 fully saturated rings. The van der Waals surface area contributed by atoms with Crippen LogP contribution in [0.5, 0.6) is 5.75 Å². The number of hydrogen-bond donors (Lipinski definition) is 2. The maximum atomic E-state index is 10.6. The van der Waals surface area contributed by atoms with Gasteiger partial charge in [-0.15, -0.1) is 11.8 Å². The van der Waals surface area contributed by atoms with Gasteiger partial charge in [0.15, 0.2) is 0 Å². The van der Waals surface area contributed by atoms with E-state index in [9.17, 15) is 4.79 Å². The van der Waals surface area contributed by atoms with Crippen molar-refractivity contribution < 1.29 is 19.8 Å². The highest BCUT2D eigenvalue weighted by Gasteiger charge is 2.21. The molecule has 2 rings (SSSR count). The maximum absolute atomic E-state index is 10.6. The molecule has 5 heteroatoms. The summed E-state index contributed by atoms with van der Waals surface area (Å²) in [6, 6.07) is 4.02. The molecule has 0 aromatic heterocycles. The Morgan fingerprint density at radius 3 is 2.88 bits per heavy atom. The first kappa shape index (κ1) is 17.9. The number of carboxylic acids is 1. The molecule has 1 aromatic rings. The van der Waals surface area contributed by atoms with Crippen LogP contribution < -0.4 is 4.74 Å². The normalized spacial score (nSPS) is 14.1. The van der Waals surface area contributed by atoms with Gasteiger partial charge in [0.25, 0.3) is 0 Å². The van der Waals surface area contributed by atoms with E-state index < -0.39 is 5.97 Å². The lowest BCUT2D eigenvalue weighted by atomic mass is 10.0. The number of benzene rings is 1. The standard InChI is InChI=1S/C19H23NO4/c1-2-3-4-5-7-15-12-14-9-10-17(20-23)16(14)13-18(15)24-11-6-8-19(21)22/h12-13,23H,2,5-11H2,1H3,(H,21,22)/b20-17+. The molecule has 1 aromatic carbocycles. The van der Waals surface area contributed by atoms with E-state index in [1.807, 2.05) is 13.0 Å². The van der Waals surface area contributed by atoms with Crippen LogP contribution in [-0.4, -0.2) is 28.6 Å². The average molecular weight is 329 g/mol. The Hall–Kier alpha value is -2.48. The first-order valence-electron chi connectivity index (χ1n) is 8.33. The summed E-state index contributed by atoms with van der Waals surface area (Å²) >= 11 is 0. The van der Waals surface area contributed by atoms with E-state index in [4.69, 9.17) is 15.1 Å². The second-order valence-corrected chi connectivity index (χ2v) is 5.72. The van der Waals surface area contributed by atoms with Crippen LogP contribution in [0.3, 0.4) is 0 Å². The Morgan fingerprint density at radius 1 is 1.33 bits per heavy atom. The SMILES string of the molecule is CCC#CCCc1cc2c(cc1OCCCC(=O)O)/C(=N/O)CC2. The van der Waals surface area contributed by atoms with Crippen LogP contribution in [0.2, 0.25) is 0 Å². The number of hydrogen-bond acceptors (Lipinski definition) is 4. The minimum absolute atomic E-state index is 0.0889. The lowest BCUT2D eigenvalue weighted by Gasteiger charge is -2.13. The number of aryl methyl sites for hydroxylation is 2. The van der Waals surface area contributed by atoms with Gasteiger partial charge >= 0.3 is 5.97 Å². The highest BCUT2D eigenvalue weighted by Crippen LogP contribution is 2.31. The number of aliphatic carboxylic acids is 1. The predicted molar refractivity (Wildman–Crippen MR) is 91.8 cm³/mol. The molecule has 0 spiro atoms. The lowest BCUT2D eigenvalue weighted by Crippen LogP contribution is -2.05. The van der Waals surface area contributed by atoms with Crippen LogP contribution in [0.4, 0.5) is 0 Å². The summed E-state index contributed by atoms with van der Waals surface area (Å²) < 4.78 is 5.81. The van der Waals surface area contributed by atoms with Crippen LogP contribution in [0.15, 0.2) is 17.3 Å². The van der Waals surface area contributed by atoms with Crippen molar-refractivity contribution >= 4 is 11.7 Å². The van der Waals surface area contributed by atoms with Crippen LogP contribution in [0.1, 0.15) is 55.7 Å². The van der Waals surface area contributed by atoms with Gasteiger partial charge in [-0.2, -0.15) is 0 Å². The average Bonchev–Trinajstić information content (AvgIpc) is 2.97. The number of oxime groups is 1. The van der Waals surface area contributed by atoms with Gasteiger partial charge < -0.3 is 15.1 Å². The van der Waals surface area contributed by atoms with Crippen LogP contribution >= 0.6 is 0 Å². The third-order valence-corrected chi connectivity index (χ3v) is 3.96. The van der Waals surface area contributed by atoms with Gasteiger partial charge in [0.2, 0.25) is 0 Å². The molecule has 0 saturated carbocycles. The highest BCUT2D eigenvalue weighted by molar-refractivity contribution is 6.04. The fraction of sp³-hybridized carbons (Fsp3) is 0.474. The third-order valence-electron chi connectivity index (χ3n) is 3.96. The summed E-state index contributed by atoms with van der Waals surface area (Å²) in [5.41, 5.74) is 3.85. The molecule has 0 unspecified atom stereocenters. The molecule has 1 aliphatic carbocycles. The van der Waals surface area contributed by atoms with Crippen LogP contribution in [0, 0.1) is 11.8 Å². The van der Waals surface area contributed by atoms with E-state index in [2.05, 4.69) is 23.1 Å². The molecule has 128 valence electrons. The molecular formula is C19H23NO4. The van der Waals surface area contributed by atoms with E-state index in [1.165, 1.54) is 5.56 Å². The molecule has 24 heavy (non-hydrogen) atoms. The lowest BCUT2D eigenvalue weighted by molar-refractivity contribution is -0.137. The number of fused-ring (bicyclic) bond motifs is 1. The zero-order chi connectivity index (χ0) is 17.4. The van der Waals surface area contributed by atoms with Gasteiger partial charge in [0, 0.05) is 24.8 Å². The first-order valence-corrected chi connectivity index (χ1v) is 8.33. The molecule has 0 amide bonds. The van der Waals surface area contributed by atoms with Gasteiger partial charge in [0.1, 0.15) is 5.75 Å². The molecule has 0 aliphatic heterocycles. The molecule has 0 saturated heterocycles. The number of nitrogens with zero attached hydrogens (tertiary/aromatic N) is 1. The largest absolute Gasteiger partial charge is 0.493 e. The van der Waals surface area contributed by atoms with Gasteiger partial charge in [-0.05, 0) is 42.9 Å². The van der Waals surface area contributed by atoms with Gasteiger partial charge in [0.05, 0.1) is 12.3 Å². The van der Waals surface area contributed by atoms with Crippen LogP contribution in [-0.2, 0) is 17.6 Å². The molecule has 0 bridgehead atoms. The number of rotatable bonds is 7. The second kappa shape index (κ2) is 8.97. The number of ether oxygens (including phenoxy) is 1. The molecule has 0 atom stereocenters. The Kier molecular flexibility index (Phi) is 6.68. The third kappa shape index (κ3) is 4.76. The van der Waals surface area contributed by atoms with Crippen molar-refractivity contribution in [3.8, 4) is 17.6 Å². The first-order chi connectivity index (χ1) is 11.7. The highest BCUT2D eigenvalue weighted by atomic mass is 16.5. The molecule has 1 aliphatic rings. The second-order valence-electron chi connectivity index (χ2n) is 5.72. The number of carbonyl (C=O) groups is 1. The summed E-state index contributed by atoms with van der Waals surface area (Å²) in [7, 11) is 0. The summed E-state index contributed by atoms with van der Waals surface area (Å²) in [5, 5.41) is 21.2. The Morgan fingerprint density at radius 2 is 2.17 bits per heavy atom. The van der Waals surface area contributed by atoms with E-state index in [1.54, 1.807) is 0 Å². The zero-order valence-corrected chi connectivity index (χ0v) is 14.0. The molecular weight excluding hydrogens is 306 g/mol. The number of carboxylic acid groups (broad SMARTS) is 1. The van der Waals surface area contributed by atoms with Crippen molar-refractivity contribution in [2.75, 3.05) is 6.61 Å². The zero-order valence-electron chi connectivity index (χ0n) is 14.0. The summed E-state index contributed by atoms with van der Waals surface area (Å²) in [6.45, 7) is 2.37. The Bertz CT molecular complexity index is 683. The van der Waals surface area contributed by atoms with E-state index in [0.29, 0.717) is 18.7 Å². The minimum Gasteiger partial charge on any atom is -0.493 e.